The van der Waals surface area contributed by atoms with Gasteiger partial charge in [0.2, 0.25) is 0 Å². The first-order valence-corrected chi connectivity index (χ1v) is 5.59. The Bertz CT molecular complexity index is 732. The fraction of sp³-hybridized carbons (Fsp3) is 0. The number of aromatic amines is 1. The normalized spacial score (nSPS) is 13.4. The highest BCUT2D eigenvalue weighted by atomic mass is 32.2. The highest BCUT2D eigenvalue weighted by Gasteiger charge is 2.10. The number of hydrogen-bond donors (Lipinski definition) is 1. The van der Waals surface area contributed by atoms with Crippen molar-refractivity contribution < 1.29 is 0 Å². The summed E-state index contributed by atoms with van der Waals surface area (Å²) in [5.41, 5.74) is 7.42. The summed E-state index contributed by atoms with van der Waals surface area (Å²) in [5.74, 6) is 0. The molecular formula is C12H6N2OS. The van der Waals surface area contributed by atoms with Crippen molar-refractivity contribution in [3.05, 3.63) is 57.2 Å². The van der Waals surface area contributed by atoms with Gasteiger partial charge in [-0.15, -0.1) is 0 Å². The number of para-hydroxylation sites is 2. The van der Waals surface area contributed by atoms with E-state index >= 15 is 0 Å². The maximum Gasteiger partial charge on any atom is 0.276 e. The average molecular weight is 226 g/mol. The maximum absolute atomic E-state index is 11.8. The largest absolute Gasteiger partial charge is 0.319 e. The molecule has 4 heteroatoms. The van der Waals surface area contributed by atoms with Crippen LogP contribution in [0.4, 0.5) is 0 Å². The van der Waals surface area contributed by atoms with Crippen molar-refractivity contribution in [1.82, 2.24) is 9.97 Å². The van der Waals surface area contributed by atoms with Gasteiger partial charge in [0.1, 0.15) is 0 Å². The number of aromatic nitrogens is 2. The number of nitrogens with zero attached hydrogens (tertiary/aromatic N) is 1. The Morgan fingerprint density at radius 3 is 3.00 bits per heavy atom. The first-order chi connectivity index (χ1) is 7.84. The second kappa shape index (κ2) is 3.54. The fourth-order valence-corrected chi connectivity index (χ4v) is 2.11. The zero-order valence-electron chi connectivity index (χ0n) is 8.15. The van der Waals surface area contributed by atoms with E-state index in [4.69, 9.17) is 0 Å². The summed E-state index contributed by atoms with van der Waals surface area (Å²) in [6, 6.07) is 7.45. The molecule has 0 saturated heterocycles. The third-order valence-corrected chi connectivity index (χ3v) is 3.00. The Kier molecular flexibility index (Phi) is 2.05. The topological polar surface area (TPSA) is 45.8 Å². The van der Waals surface area contributed by atoms with Crippen molar-refractivity contribution in [3.63, 3.8) is 0 Å². The Morgan fingerprint density at radius 1 is 1.31 bits per heavy atom. The summed E-state index contributed by atoms with van der Waals surface area (Å²) < 4.78 is 0. The van der Waals surface area contributed by atoms with Gasteiger partial charge in [0, 0.05) is 5.41 Å². The molecule has 1 aromatic carbocycles. The molecule has 16 heavy (non-hydrogen) atoms. The zero-order chi connectivity index (χ0) is 11.0. The molecule has 3 rings (SSSR count). The molecule has 2 heterocycles. The molecule has 0 aliphatic carbocycles. The van der Waals surface area contributed by atoms with E-state index in [1.165, 1.54) is 11.8 Å². The molecule has 1 aliphatic rings. The van der Waals surface area contributed by atoms with Crippen LogP contribution in [-0.2, 0) is 0 Å². The van der Waals surface area contributed by atoms with Crippen LogP contribution in [0.25, 0.3) is 15.9 Å². The van der Waals surface area contributed by atoms with E-state index in [0.717, 1.165) is 11.0 Å². The zero-order valence-corrected chi connectivity index (χ0v) is 8.97. The Morgan fingerprint density at radius 2 is 2.19 bits per heavy atom. The summed E-state index contributed by atoms with van der Waals surface area (Å²) >= 11 is 1.41. The Hall–Kier alpha value is -1.99. The predicted molar refractivity (Wildman–Crippen MR) is 65.0 cm³/mol. The molecule has 1 N–H and O–H groups in total. The molecule has 3 nitrogen and oxygen atoms in total. The van der Waals surface area contributed by atoms with Crippen molar-refractivity contribution in [1.29, 1.82) is 0 Å². The average Bonchev–Trinajstić information content (AvgIpc) is 2.81. The van der Waals surface area contributed by atoms with Gasteiger partial charge in [0.25, 0.3) is 5.56 Å². The predicted octanol–water partition coefficient (Wildman–Crippen LogP) is 2.28. The summed E-state index contributed by atoms with van der Waals surface area (Å²) in [5, 5.41) is 1.76. The van der Waals surface area contributed by atoms with Crippen LogP contribution in [0.3, 0.4) is 0 Å². The highest BCUT2D eigenvalue weighted by molar-refractivity contribution is 8.11. The van der Waals surface area contributed by atoms with Gasteiger partial charge in [-0.2, -0.15) is 0 Å². The molecule has 0 atom stereocenters. The van der Waals surface area contributed by atoms with Crippen LogP contribution < -0.4 is 5.56 Å². The van der Waals surface area contributed by atoms with Crippen LogP contribution in [0.15, 0.2) is 45.9 Å². The van der Waals surface area contributed by atoms with Crippen LogP contribution in [0.2, 0.25) is 0 Å². The monoisotopic (exact) mass is 226 g/mol. The van der Waals surface area contributed by atoms with Crippen molar-refractivity contribution in [2.45, 2.75) is 0 Å². The number of H-pyrrole nitrogens is 1. The van der Waals surface area contributed by atoms with Gasteiger partial charge in [0.15, 0.2) is 5.69 Å². The summed E-state index contributed by atoms with van der Waals surface area (Å²) in [4.78, 5) is 19.6. The number of nitrogens with one attached hydrogen (secondary N) is 1. The maximum atomic E-state index is 11.8. The minimum Gasteiger partial charge on any atom is -0.319 e. The van der Waals surface area contributed by atoms with Crippen molar-refractivity contribution >= 4 is 27.7 Å². The first kappa shape index (κ1) is 9.25. The van der Waals surface area contributed by atoms with Crippen LogP contribution >= 0.6 is 11.8 Å². The SMILES string of the molecule is O=c1[nH]c2ccccc2nc1C1=C=C=CS1. The van der Waals surface area contributed by atoms with E-state index < -0.39 is 0 Å². The molecule has 1 aromatic heterocycles. The van der Waals surface area contributed by atoms with Gasteiger partial charge in [-0.3, -0.25) is 4.79 Å². The van der Waals surface area contributed by atoms with Gasteiger partial charge in [0.05, 0.1) is 15.9 Å². The van der Waals surface area contributed by atoms with Gasteiger partial charge in [-0.1, -0.05) is 35.4 Å². The second-order valence-corrected chi connectivity index (χ2v) is 4.15. The molecule has 0 unspecified atom stereocenters. The van der Waals surface area contributed by atoms with E-state index in [-0.39, 0.29) is 5.56 Å². The lowest BCUT2D eigenvalue weighted by Crippen LogP contribution is -2.13. The van der Waals surface area contributed by atoms with Crippen LogP contribution in [0.1, 0.15) is 5.69 Å². The lowest BCUT2D eigenvalue weighted by Gasteiger charge is -2.00. The summed E-state index contributed by atoms with van der Waals surface area (Å²) in [7, 11) is 0. The van der Waals surface area contributed by atoms with Crippen LogP contribution in [0.5, 0.6) is 0 Å². The summed E-state index contributed by atoms with van der Waals surface area (Å²) in [6.07, 6.45) is 0. The second-order valence-electron chi connectivity index (χ2n) is 3.27. The standard InChI is InChI=1S/C12H6N2OS/c15-12-11(10-6-3-7-16-10)13-8-4-1-2-5-9(8)14-12/h1-2,4-5,7H,(H,14,15). The van der Waals surface area contributed by atoms with E-state index in [0.29, 0.717) is 10.6 Å². The minimum absolute atomic E-state index is 0.189. The quantitative estimate of drug-likeness (QED) is 0.759. The number of fused-ring (bicyclic) bond motifs is 1. The Labute approximate surface area is 95.2 Å². The number of rotatable bonds is 1. The lowest BCUT2D eigenvalue weighted by atomic mass is 10.3. The molecule has 0 amide bonds. The van der Waals surface area contributed by atoms with Crippen LogP contribution in [0, 0.1) is 0 Å². The molecule has 0 fully saturated rings. The van der Waals surface area contributed by atoms with Gasteiger partial charge in [-0.05, 0) is 12.1 Å². The minimum atomic E-state index is -0.189. The number of thioether (sulfide) groups is 1. The third-order valence-electron chi connectivity index (χ3n) is 2.24. The van der Waals surface area contributed by atoms with Crippen molar-refractivity contribution in [2.24, 2.45) is 0 Å². The fourth-order valence-electron chi connectivity index (χ4n) is 1.51. The molecule has 0 bridgehead atoms. The van der Waals surface area contributed by atoms with Crippen LogP contribution in [-0.4, -0.2) is 9.97 Å². The van der Waals surface area contributed by atoms with E-state index in [1.54, 1.807) is 5.41 Å². The molecule has 2 aromatic rings. The molecule has 76 valence electrons. The van der Waals surface area contributed by atoms with E-state index in [2.05, 4.69) is 21.4 Å². The van der Waals surface area contributed by atoms with Gasteiger partial charge >= 0.3 is 0 Å². The first-order valence-electron chi connectivity index (χ1n) is 4.71. The third kappa shape index (κ3) is 1.42. The van der Waals surface area contributed by atoms with E-state index in [9.17, 15) is 4.79 Å². The molecule has 1 aliphatic heterocycles. The smallest absolute Gasteiger partial charge is 0.276 e. The van der Waals surface area contributed by atoms with Crippen molar-refractivity contribution in [3.8, 4) is 0 Å². The lowest BCUT2D eigenvalue weighted by molar-refractivity contribution is 1.19. The van der Waals surface area contributed by atoms with Gasteiger partial charge < -0.3 is 4.98 Å². The summed E-state index contributed by atoms with van der Waals surface area (Å²) in [6.45, 7) is 0. The molecular weight excluding hydrogens is 220 g/mol. The highest BCUT2D eigenvalue weighted by Crippen LogP contribution is 2.26. The molecule has 0 spiro atoms. The molecule has 0 saturated carbocycles. The number of benzene rings is 1. The number of hydrogen-bond acceptors (Lipinski definition) is 3. The molecule has 0 radical (unpaired) electrons. The van der Waals surface area contributed by atoms with Crippen molar-refractivity contribution in [2.75, 3.05) is 0 Å². The van der Waals surface area contributed by atoms with Gasteiger partial charge in [-0.25, -0.2) is 4.98 Å². The Balaban J connectivity index is 2.34. The van der Waals surface area contributed by atoms with E-state index in [1.807, 2.05) is 24.3 Å².